The Morgan fingerprint density at radius 3 is 2.60 bits per heavy atom. The number of aromatic hydroxyl groups is 1. The first-order chi connectivity index (χ1) is 7.17. The SMILES string of the molecule is BBC(=O)C(Cc1ccc(O)cc1)NC. The van der Waals surface area contributed by atoms with Crippen molar-refractivity contribution in [1.82, 2.24) is 5.32 Å². The number of phenolic OH excluding ortho intramolecular Hbond substituents is 1. The fourth-order valence-corrected chi connectivity index (χ4v) is 1.49. The molecule has 1 rings (SSSR count). The molecular weight excluding hydrogens is 188 g/mol. The van der Waals surface area contributed by atoms with E-state index in [1.165, 1.54) is 0 Å². The van der Waals surface area contributed by atoms with Gasteiger partial charge in [0.05, 0.1) is 19.5 Å². The lowest BCUT2D eigenvalue weighted by Crippen LogP contribution is -2.39. The van der Waals surface area contributed by atoms with E-state index in [1.807, 2.05) is 19.9 Å². The van der Waals surface area contributed by atoms with Crippen LogP contribution >= 0.6 is 0 Å². The number of nitrogens with one attached hydrogen (secondary N) is 1. The molecule has 2 N–H and O–H groups in total. The highest BCUT2D eigenvalue weighted by Gasteiger charge is 2.14. The lowest BCUT2D eigenvalue weighted by molar-refractivity contribution is -0.113. The molecular formula is C10H15B2NO2. The van der Waals surface area contributed by atoms with Gasteiger partial charge in [-0.3, -0.25) is 0 Å². The standard InChI is InChI=1S/C10H15B2NO2/c1-13-9(10(15)12-11)6-7-2-4-8(14)5-3-7/h2-5,9,12-14H,6,11H2,1H3. The second kappa shape index (κ2) is 5.61. The summed E-state index contributed by atoms with van der Waals surface area (Å²) in [6.07, 6.45) is 0.670. The highest BCUT2D eigenvalue weighted by Crippen LogP contribution is 2.11. The number of likely N-dealkylation sites (N-methyl/N-ethyl adjacent to an activating group) is 1. The maximum absolute atomic E-state index is 11.5. The normalized spacial score (nSPS) is 12.1. The van der Waals surface area contributed by atoms with Crippen LogP contribution < -0.4 is 5.32 Å². The maximum atomic E-state index is 11.5. The Labute approximate surface area is 91.5 Å². The van der Waals surface area contributed by atoms with Crippen LogP contribution in [0.4, 0.5) is 0 Å². The van der Waals surface area contributed by atoms with Crippen LogP contribution in [-0.4, -0.2) is 38.8 Å². The zero-order valence-electron chi connectivity index (χ0n) is 9.16. The van der Waals surface area contributed by atoms with Crippen LogP contribution in [0.3, 0.4) is 0 Å². The third-order valence-corrected chi connectivity index (χ3v) is 2.46. The van der Waals surface area contributed by atoms with E-state index in [4.69, 9.17) is 5.11 Å². The number of phenols is 1. The molecule has 0 spiro atoms. The molecule has 0 amide bonds. The topological polar surface area (TPSA) is 49.3 Å². The molecule has 0 saturated heterocycles. The van der Waals surface area contributed by atoms with Crippen molar-refractivity contribution in [3.8, 4) is 5.75 Å². The van der Waals surface area contributed by atoms with Gasteiger partial charge >= 0.3 is 0 Å². The quantitative estimate of drug-likeness (QED) is 0.605. The summed E-state index contributed by atoms with van der Waals surface area (Å²) < 4.78 is 0. The fourth-order valence-electron chi connectivity index (χ4n) is 1.49. The van der Waals surface area contributed by atoms with Gasteiger partial charge in [0.2, 0.25) is 0 Å². The summed E-state index contributed by atoms with van der Waals surface area (Å²) in [4.78, 5) is 11.5. The number of benzene rings is 1. The third kappa shape index (κ3) is 3.44. The Balaban J connectivity index is 2.66. The molecule has 3 nitrogen and oxygen atoms in total. The van der Waals surface area contributed by atoms with Gasteiger partial charge in [0.1, 0.15) is 5.75 Å². The minimum Gasteiger partial charge on any atom is -0.508 e. The zero-order chi connectivity index (χ0) is 11.3. The lowest BCUT2D eigenvalue weighted by atomic mass is 9.51. The van der Waals surface area contributed by atoms with Gasteiger partial charge in [-0.15, -0.1) is 0 Å². The van der Waals surface area contributed by atoms with Gasteiger partial charge in [0, 0.05) is 0 Å². The van der Waals surface area contributed by atoms with Crippen LogP contribution in [0, 0.1) is 0 Å². The van der Waals surface area contributed by atoms with E-state index in [9.17, 15) is 4.79 Å². The molecule has 0 saturated carbocycles. The molecule has 78 valence electrons. The number of carbonyl (C=O) groups is 1. The predicted octanol–water partition coefficient (Wildman–Crippen LogP) is -0.966. The summed E-state index contributed by atoms with van der Waals surface area (Å²) in [6.45, 7) is 0. The molecule has 1 aromatic rings. The minimum atomic E-state index is -0.125. The average Bonchev–Trinajstić information content (AvgIpc) is 2.27. The fraction of sp³-hybridized carbons (Fsp3) is 0.300. The molecule has 0 aliphatic heterocycles. The summed E-state index contributed by atoms with van der Waals surface area (Å²) in [6, 6.07) is 6.82. The lowest BCUT2D eigenvalue weighted by Gasteiger charge is -2.14. The van der Waals surface area contributed by atoms with Crippen LogP contribution in [0.5, 0.6) is 5.75 Å². The maximum Gasteiger partial charge on any atom is 0.167 e. The number of carbonyl (C=O) groups excluding carboxylic acids is 1. The van der Waals surface area contributed by atoms with Gasteiger partial charge in [-0.05, 0) is 31.2 Å². The van der Waals surface area contributed by atoms with E-state index in [-0.39, 0.29) is 17.5 Å². The van der Waals surface area contributed by atoms with Gasteiger partial charge in [0.25, 0.3) is 0 Å². The van der Waals surface area contributed by atoms with E-state index in [1.54, 1.807) is 19.2 Å². The van der Waals surface area contributed by atoms with Crippen molar-refractivity contribution in [2.45, 2.75) is 12.5 Å². The summed E-state index contributed by atoms with van der Waals surface area (Å²) in [5, 5.41) is 12.1. The van der Waals surface area contributed by atoms with Crippen molar-refractivity contribution in [2.75, 3.05) is 7.05 Å². The predicted molar refractivity (Wildman–Crippen MR) is 65.4 cm³/mol. The van der Waals surface area contributed by atoms with E-state index < -0.39 is 0 Å². The zero-order valence-corrected chi connectivity index (χ0v) is 9.16. The largest absolute Gasteiger partial charge is 0.508 e. The van der Waals surface area contributed by atoms with Gasteiger partial charge in [-0.1, -0.05) is 12.1 Å². The average molecular weight is 203 g/mol. The Morgan fingerprint density at radius 2 is 2.13 bits per heavy atom. The molecule has 0 aromatic heterocycles. The molecule has 0 fully saturated rings. The van der Waals surface area contributed by atoms with Crippen molar-refractivity contribution in [3.05, 3.63) is 29.8 Å². The van der Waals surface area contributed by atoms with E-state index in [0.717, 1.165) is 5.56 Å². The first kappa shape index (κ1) is 11.9. The van der Waals surface area contributed by atoms with E-state index >= 15 is 0 Å². The van der Waals surface area contributed by atoms with Crippen molar-refractivity contribution in [1.29, 1.82) is 0 Å². The summed E-state index contributed by atoms with van der Waals surface area (Å²) >= 11 is 0. The van der Waals surface area contributed by atoms with Crippen LogP contribution in [0.1, 0.15) is 5.56 Å². The molecule has 1 atom stereocenters. The number of hydrogen-bond donors (Lipinski definition) is 2. The van der Waals surface area contributed by atoms with Crippen LogP contribution in [-0.2, 0) is 11.2 Å². The molecule has 0 aliphatic carbocycles. The van der Waals surface area contributed by atoms with Crippen molar-refractivity contribution < 1.29 is 9.90 Å². The van der Waals surface area contributed by atoms with Gasteiger partial charge in [-0.2, -0.15) is 0 Å². The second-order valence-electron chi connectivity index (χ2n) is 3.53. The number of hydrogen-bond acceptors (Lipinski definition) is 3. The van der Waals surface area contributed by atoms with Crippen LogP contribution in [0.2, 0.25) is 0 Å². The highest BCUT2D eigenvalue weighted by atomic mass is 16.3. The first-order valence-corrected chi connectivity index (χ1v) is 5.15. The molecule has 0 bridgehead atoms. The third-order valence-electron chi connectivity index (χ3n) is 2.46. The van der Waals surface area contributed by atoms with Crippen LogP contribution in [0.15, 0.2) is 24.3 Å². The Hall–Kier alpha value is -1.22. The molecule has 0 radical (unpaired) electrons. The monoisotopic (exact) mass is 203 g/mol. The summed E-state index contributed by atoms with van der Waals surface area (Å²) in [5.41, 5.74) is 1.26. The molecule has 1 aromatic carbocycles. The molecule has 5 heteroatoms. The second-order valence-corrected chi connectivity index (χ2v) is 3.53. The molecule has 1 unspecified atom stereocenters. The number of rotatable bonds is 5. The molecule has 15 heavy (non-hydrogen) atoms. The van der Waals surface area contributed by atoms with Crippen molar-refractivity contribution in [3.63, 3.8) is 0 Å². The Bertz CT molecular complexity index is 327. The van der Waals surface area contributed by atoms with Crippen molar-refractivity contribution in [2.24, 2.45) is 0 Å². The van der Waals surface area contributed by atoms with E-state index in [2.05, 4.69) is 5.32 Å². The summed E-state index contributed by atoms with van der Waals surface area (Å²) in [5.74, 6) is 0.251. The van der Waals surface area contributed by atoms with Crippen LogP contribution in [0.25, 0.3) is 0 Å². The smallest absolute Gasteiger partial charge is 0.167 e. The van der Waals surface area contributed by atoms with E-state index in [0.29, 0.717) is 13.6 Å². The van der Waals surface area contributed by atoms with Gasteiger partial charge < -0.3 is 15.2 Å². The summed E-state index contributed by atoms with van der Waals surface area (Å²) in [7, 11) is 4.20. The highest BCUT2D eigenvalue weighted by molar-refractivity contribution is 7.08. The molecule has 0 heterocycles. The van der Waals surface area contributed by atoms with Crippen molar-refractivity contribution >= 4 is 20.6 Å². The Morgan fingerprint density at radius 1 is 1.53 bits per heavy atom. The minimum absolute atomic E-state index is 0.125. The Kier molecular flexibility index (Phi) is 4.43. The van der Waals surface area contributed by atoms with Gasteiger partial charge in [-0.25, -0.2) is 0 Å². The first-order valence-electron chi connectivity index (χ1n) is 5.15. The molecule has 0 aliphatic rings. The van der Waals surface area contributed by atoms with Gasteiger partial charge in [0.15, 0.2) is 7.17 Å².